The Morgan fingerprint density at radius 3 is 2.48 bits per heavy atom. The van der Waals surface area contributed by atoms with Crippen molar-refractivity contribution in [2.24, 2.45) is 5.92 Å². The van der Waals surface area contributed by atoms with Gasteiger partial charge in [-0.3, -0.25) is 9.59 Å². The Labute approximate surface area is 165 Å². The molecule has 0 atom stereocenters. The SMILES string of the molecule is O=C(c1ccccc1)C1CCN(C(=O)CSc2ccc3c(c2)CCC3)CC1. The summed E-state index contributed by atoms with van der Waals surface area (Å²) in [7, 11) is 0. The summed E-state index contributed by atoms with van der Waals surface area (Å²) in [5, 5.41) is 0. The van der Waals surface area contributed by atoms with Crippen LogP contribution in [0.15, 0.2) is 53.4 Å². The summed E-state index contributed by atoms with van der Waals surface area (Å²) in [5.41, 5.74) is 3.71. The first-order valence-corrected chi connectivity index (χ1v) is 10.8. The molecule has 2 aromatic carbocycles. The fourth-order valence-electron chi connectivity index (χ4n) is 4.10. The van der Waals surface area contributed by atoms with E-state index in [4.69, 9.17) is 0 Å². The minimum Gasteiger partial charge on any atom is -0.342 e. The topological polar surface area (TPSA) is 37.4 Å². The van der Waals surface area contributed by atoms with Gasteiger partial charge in [0.05, 0.1) is 5.75 Å². The van der Waals surface area contributed by atoms with Crippen molar-refractivity contribution in [1.82, 2.24) is 4.90 Å². The van der Waals surface area contributed by atoms with Gasteiger partial charge >= 0.3 is 0 Å². The van der Waals surface area contributed by atoms with Gasteiger partial charge in [-0.1, -0.05) is 36.4 Å². The van der Waals surface area contributed by atoms with Crippen LogP contribution in [0.3, 0.4) is 0 Å². The number of hydrogen-bond donors (Lipinski definition) is 0. The number of thioether (sulfide) groups is 1. The van der Waals surface area contributed by atoms with E-state index in [-0.39, 0.29) is 17.6 Å². The first-order valence-electron chi connectivity index (χ1n) is 9.82. The second kappa shape index (κ2) is 8.30. The van der Waals surface area contributed by atoms with Crippen molar-refractivity contribution in [3.05, 3.63) is 65.2 Å². The van der Waals surface area contributed by atoms with Crippen molar-refractivity contribution in [3.8, 4) is 0 Å². The molecule has 1 heterocycles. The number of aryl methyl sites for hydroxylation is 2. The van der Waals surface area contributed by atoms with Crippen LogP contribution in [0.1, 0.15) is 40.7 Å². The van der Waals surface area contributed by atoms with E-state index in [1.54, 1.807) is 11.8 Å². The molecule has 0 saturated carbocycles. The van der Waals surface area contributed by atoms with Crippen LogP contribution in [0.5, 0.6) is 0 Å². The number of ketones is 1. The third kappa shape index (κ3) is 4.27. The number of likely N-dealkylation sites (tertiary alicyclic amines) is 1. The van der Waals surface area contributed by atoms with Gasteiger partial charge < -0.3 is 4.90 Å². The summed E-state index contributed by atoms with van der Waals surface area (Å²) < 4.78 is 0. The van der Waals surface area contributed by atoms with Crippen molar-refractivity contribution >= 4 is 23.5 Å². The van der Waals surface area contributed by atoms with Crippen LogP contribution in [0, 0.1) is 5.92 Å². The number of nitrogens with zero attached hydrogens (tertiary/aromatic N) is 1. The van der Waals surface area contributed by atoms with Gasteiger partial charge in [-0.2, -0.15) is 0 Å². The standard InChI is InChI=1S/C23H25NO2S/c25-22(16-27-21-10-9-17-7-4-8-20(17)15-21)24-13-11-19(12-14-24)23(26)18-5-2-1-3-6-18/h1-3,5-6,9-10,15,19H,4,7-8,11-14,16H2. The lowest BCUT2D eigenvalue weighted by Gasteiger charge is -2.31. The average Bonchev–Trinajstić information content (AvgIpc) is 3.20. The summed E-state index contributed by atoms with van der Waals surface area (Å²) in [5.74, 6) is 0.929. The van der Waals surface area contributed by atoms with Crippen LogP contribution in [0.4, 0.5) is 0 Å². The van der Waals surface area contributed by atoms with Crippen molar-refractivity contribution < 1.29 is 9.59 Å². The number of benzene rings is 2. The Morgan fingerprint density at radius 2 is 1.70 bits per heavy atom. The zero-order valence-corrected chi connectivity index (χ0v) is 16.3. The first kappa shape index (κ1) is 18.3. The van der Waals surface area contributed by atoms with Crippen LogP contribution in [-0.4, -0.2) is 35.4 Å². The second-order valence-electron chi connectivity index (χ2n) is 7.46. The summed E-state index contributed by atoms with van der Waals surface area (Å²) in [6, 6.07) is 16.1. The van der Waals surface area contributed by atoms with Gasteiger partial charge in [0, 0.05) is 29.5 Å². The third-order valence-electron chi connectivity index (χ3n) is 5.71. The molecule has 0 bridgehead atoms. The van der Waals surface area contributed by atoms with E-state index in [2.05, 4.69) is 18.2 Å². The maximum atomic E-state index is 12.6. The summed E-state index contributed by atoms with van der Waals surface area (Å²) in [6.45, 7) is 1.37. The Balaban J connectivity index is 1.27. The molecule has 1 aliphatic carbocycles. The molecule has 4 heteroatoms. The Bertz CT molecular complexity index is 826. The maximum absolute atomic E-state index is 12.6. The van der Waals surface area contributed by atoms with Crippen LogP contribution < -0.4 is 0 Å². The minimum absolute atomic E-state index is 0.0424. The highest BCUT2D eigenvalue weighted by molar-refractivity contribution is 8.00. The number of piperidine rings is 1. The van der Waals surface area contributed by atoms with E-state index in [0.717, 1.165) is 18.4 Å². The molecule has 0 unspecified atom stereocenters. The molecule has 1 fully saturated rings. The lowest BCUT2D eigenvalue weighted by atomic mass is 9.89. The fraction of sp³-hybridized carbons (Fsp3) is 0.391. The lowest BCUT2D eigenvalue weighted by Crippen LogP contribution is -2.41. The highest BCUT2D eigenvalue weighted by Gasteiger charge is 2.27. The Hall–Kier alpha value is -2.07. The number of carbonyl (C=O) groups is 2. The lowest BCUT2D eigenvalue weighted by molar-refractivity contribution is -0.129. The maximum Gasteiger partial charge on any atom is 0.232 e. The number of amides is 1. The van der Waals surface area contributed by atoms with Crippen molar-refractivity contribution in [1.29, 1.82) is 0 Å². The quantitative estimate of drug-likeness (QED) is 0.571. The van der Waals surface area contributed by atoms with Crippen LogP contribution in [0.2, 0.25) is 0 Å². The summed E-state index contributed by atoms with van der Waals surface area (Å²) >= 11 is 1.63. The predicted molar refractivity (Wildman–Crippen MR) is 109 cm³/mol. The molecule has 1 saturated heterocycles. The summed E-state index contributed by atoms with van der Waals surface area (Å²) in [6.07, 6.45) is 5.14. The van der Waals surface area contributed by atoms with Crippen molar-refractivity contribution in [3.63, 3.8) is 0 Å². The Kier molecular flexibility index (Phi) is 5.63. The first-order chi connectivity index (χ1) is 13.2. The molecule has 0 aromatic heterocycles. The molecule has 0 N–H and O–H groups in total. The molecule has 4 rings (SSSR count). The van der Waals surface area contributed by atoms with Crippen LogP contribution >= 0.6 is 11.8 Å². The highest BCUT2D eigenvalue weighted by atomic mass is 32.2. The van der Waals surface area contributed by atoms with E-state index in [0.29, 0.717) is 18.8 Å². The van der Waals surface area contributed by atoms with Gasteiger partial charge in [0.25, 0.3) is 0 Å². The number of carbonyl (C=O) groups excluding carboxylic acids is 2. The van der Waals surface area contributed by atoms with Gasteiger partial charge in [-0.25, -0.2) is 0 Å². The van der Waals surface area contributed by atoms with E-state index >= 15 is 0 Å². The van der Waals surface area contributed by atoms with E-state index in [1.165, 1.54) is 35.3 Å². The number of fused-ring (bicyclic) bond motifs is 1. The van der Waals surface area contributed by atoms with Gasteiger partial charge in [0.15, 0.2) is 5.78 Å². The van der Waals surface area contributed by atoms with Gasteiger partial charge in [0.1, 0.15) is 0 Å². The highest BCUT2D eigenvalue weighted by Crippen LogP contribution is 2.28. The predicted octanol–water partition coefficient (Wildman–Crippen LogP) is 4.39. The minimum atomic E-state index is 0.0424. The number of Topliss-reactive ketones (excluding diaryl/α,β-unsaturated/α-hetero) is 1. The second-order valence-corrected chi connectivity index (χ2v) is 8.51. The molecule has 2 aliphatic rings. The van der Waals surface area contributed by atoms with Gasteiger partial charge in [0.2, 0.25) is 5.91 Å². The van der Waals surface area contributed by atoms with Gasteiger partial charge in [-0.05, 0) is 55.4 Å². The number of rotatable bonds is 5. The normalized spacial score (nSPS) is 17.0. The van der Waals surface area contributed by atoms with Crippen molar-refractivity contribution in [2.75, 3.05) is 18.8 Å². The van der Waals surface area contributed by atoms with E-state index < -0.39 is 0 Å². The number of hydrogen-bond acceptors (Lipinski definition) is 3. The molecular weight excluding hydrogens is 354 g/mol. The molecule has 140 valence electrons. The fourth-order valence-corrected chi connectivity index (χ4v) is 4.97. The average molecular weight is 380 g/mol. The molecule has 27 heavy (non-hydrogen) atoms. The van der Waals surface area contributed by atoms with E-state index in [9.17, 15) is 9.59 Å². The molecule has 1 aliphatic heterocycles. The molecule has 2 aromatic rings. The molecule has 0 radical (unpaired) electrons. The smallest absolute Gasteiger partial charge is 0.232 e. The van der Waals surface area contributed by atoms with Crippen LogP contribution in [0.25, 0.3) is 0 Å². The zero-order chi connectivity index (χ0) is 18.6. The largest absolute Gasteiger partial charge is 0.342 e. The summed E-state index contributed by atoms with van der Waals surface area (Å²) in [4.78, 5) is 28.3. The van der Waals surface area contributed by atoms with Gasteiger partial charge in [-0.15, -0.1) is 11.8 Å². The molecular formula is C23H25NO2S. The van der Waals surface area contributed by atoms with Crippen molar-refractivity contribution in [2.45, 2.75) is 37.0 Å². The monoisotopic (exact) mass is 379 g/mol. The molecule has 3 nitrogen and oxygen atoms in total. The molecule has 1 amide bonds. The van der Waals surface area contributed by atoms with Crippen LogP contribution in [-0.2, 0) is 17.6 Å². The zero-order valence-electron chi connectivity index (χ0n) is 15.5. The Morgan fingerprint density at radius 1 is 0.963 bits per heavy atom. The third-order valence-corrected chi connectivity index (χ3v) is 6.69. The molecule has 0 spiro atoms. The van der Waals surface area contributed by atoms with E-state index in [1.807, 2.05) is 35.2 Å².